The third-order valence-electron chi connectivity index (χ3n) is 2.16. The van der Waals surface area contributed by atoms with Gasteiger partial charge in [0.05, 0.1) is 17.1 Å². The molecule has 1 atom stereocenters. The number of hydrogen-bond acceptors (Lipinski definition) is 4. The van der Waals surface area contributed by atoms with Crippen molar-refractivity contribution in [1.82, 2.24) is 5.16 Å². The lowest BCUT2D eigenvalue weighted by Crippen LogP contribution is -2.23. The standard InChI is InChI=1S/C9H6F2N2O3/c10-4-1-5-3(2-13-16-5)7(11)6(4)8(12)9(14)15/h1-2,8H,12H2,(H,14,15). The molecule has 7 heteroatoms. The van der Waals surface area contributed by atoms with Crippen LogP contribution in [-0.2, 0) is 4.79 Å². The molecule has 0 aliphatic rings. The molecule has 0 bridgehead atoms. The first-order chi connectivity index (χ1) is 7.52. The number of hydrogen-bond donors (Lipinski definition) is 2. The predicted molar refractivity (Wildman–Crippen MR) is 48.5 cm³/mol. The van der Waals surface area contributed by atoms with Gasteiger partial charge in [-0.3, -0.25) is 4.79 Å². The van der Waals surface area contributed by atoms with Crippen molar-refractivity contribution in [1.29, 1.82) is 0 Å². The fraction of sp³-hybridized carbons (Fsp3) is 0.111. The Labute approximate surface area is 87.4 Å². The van der Waals surface area contributed by atoms with Gasteiger partial charge in [0.2, 0.25) is 0 Å². The lowest BCUT2D eigenvalue weighted by atomic mass is 10.0. The quantitative estimate of drug-likeness (QED) is 0.805. The van der Waals surface area contributed by atoms with Gasteiger partial charge in [-0.2, -0.15) is 0 Å². The van der Waals surface area contributed by atoms with Gasteiger partial charge < -0.3 is 15.4 Å². The first-order valence-electron chi connectivity index (χ1n) is 4.23. The van der Waals surface area contributed by atoms with Crippen LogP contribution in [0.4, 0.5) is 8.78 Å². The molecule has 84 valence electrons. The average Bonchev–Trinajstić information content (AvgIpc) is 2.65. The van der Waals surface area contributed by atoms with Gasteiger partial charge in [0.25, 0.3) is 0 Å². The maximum Gasteiger partial charge on any atom is 0.325 e. The summed E-state index contributed by atoms with van der Waals surface area (Å²) in [5.41, 5.74) is 4.36. The molecule has 1 aromatic carbocycles. The second-order valence-electron chi connectivity index (χ2n) is 3.14. The molecular formula is C9H6F2N2O3. The van der Waals surface area contributed by atoms with Crippen molar-refractivity contribution < 1.29 is 23.2 Å². The third-order valence-corrected chi connectivity index (χ3v) is 2.16. The molecule has 3 N–H and O–H groups in total. The van der Waals surface area contributed by atoms with E-state index in [1.807, 2.05) is 0 Å². The number of aliphatic carboxylic acids is 1. The van der Waals surface area contributed by atoms with Crippen LogP contribution < -0.4 is 5.73 Å². The largest absolute Gasteiger partial charge is 0.480 e. The summed E-state index contributed by atoms with van der Waals surface area (Å²) < 4.78 is 31.6. The number of benzene rings is 1. The van der Waals surface area contributed by atoms with E-state index in [9.17, 15) is 13.6 Å². The Morgan fingerprint density at radius 2 is 2.25 bits per heavy atom. The van der Waals surface area contributed by atoms with Crippen molar-refractivity contribution in [3.8, 4) is 0 Å². The Hall–Kier alpha value is -2.02. The molecule has 5 nitrogen and oxygen atoms in total. The van der Waals surface area contributed by atoms with Crippen LogP contribution in [0.1, 0.15) is 11.6 Å². The van der Waals surface area contributed by atoms with E-state index in [4.69, 9.17) is 10.8 Å². The molecule has 1 unspecified atom stereocenters. The smallest absolute Gasteiger partial charge is 0.325 e. The van der Waals surface area contributed by atoms with E-state index in [0.29, 0.717) is 0 Å². The minimum atomic E-state index is -1.76. The van der Waals surface area contributed by atoms with Gasteiger partial charge in [-0.25, -0.2) is 8.78 Å². The fourth-order valence-corrected chi connectivity index (χ4v) is 1.37. The topological polar surface area (TPSA) is 89.4 Å². The van der Waals surface area contributed by atoms with Crippen LogP contribution >= 0.6 is 0 Å². The minimum absolute atomic E-state index is 0.101. The molecule has 1 aromatic heterocycles. The zero-order valence-electron chi connectivity index (χ0n) is 7.78. The monoisotopic (exact) mass is 228 g/mol. The molecule has 0 saturated carbocycles. The maximum atomic E-state index is 13.7. The summed E-state index contributed by atoms with van der Waals surface area (Å²) in [6, 6.07) is -0.914. The Balaban J connectivity index is 2.73. The van der Waals surface area contributed by atoms with Crippen molar-refractivity contribution in [2.75, 3.05) is 0 Å². The molecule has 0 radical (unpaired) electrons. The van der Waals surface area contributed by atoms with Gasteiger partial charge >= 0.3 is 5.97 Å². The second-order valence-corrected chi connectivity index (χ2v) is 3.14. The number of nitrogens with two attached hydrogens (primary N) is 1. The molecule has 1 heterocycles. The number of carbonyl (C=O) groups is 1. The number of carboxylic acids is 1. The molecule has 0 amide bonds. The normalized spacial score (nSPS) is 12.9. The van der Waals surface area contributed by atoms with Crippen molar-refractivity contribution in [2.45, 2.75) is 6.04 Å². The molecule has 0 fully saturated rings. The Bertz CT molecular complexity index is 567. The van der Waals surface area contributed by atoms with Crippen molar-refractivity contribution >= 4 is 16.9 Å². The van der Waals surface area contributed by atoms with Crippen LogP contribution in [0.2, 0.25) is 0 Å². The minimum Gasteiger partial charge on any atom is -0.480 e. The number of carboxylic acid groups (broad SMARTS) is 1. The number of aromatic nitrogens is 1. The van der Waals surface area contributed by atoms with E-state index in [1.165, 1.54) is 0 Å². The van der Waals surface area contributed by atoms with E-state index < -0.39 is 29.2 Å². The first kappa shape index (κ1) is 10.5. The Morgan fingerprint density at radius 3 is 2.88 bits per heavy atom. The number of halogens is 2. The fourth-order valence-electron chi connectivity index (χ4n) is 1.37. The Kier molecular flexibility index (Phi) is 2.31. The lowest BCUT2D eigenvalue weighted by molar-refractivity contribution is -0.138. The molecule has 0 aliphatic heterocycles. The molecular weight excluding hydrogens is 222 g/mol. The van der Waals surface area contributed by atoms with Gasteiger partial charge in [-0.15, -0.1) is 0 Å². The van der Waals surface area contributed by atoms with Crippen molar-refractivity contribution in [2.24, 2.45) is 5.73 Å². The van der Waals surface area contributed by atoms with Crippen molar-refractivity contribution in [3.63, 3.8) is 0 Å². The van der Waals surface area contributed by atoms with Crippen LogP contribution in [-0.4, -0.2) is 16.2 Å². The molecule has 16 heavy (non-hydrogen) atoms. The molecule has 2 aromatic rings. The number of rotatable bonds is 2. The van der Waals surface area contributed by atoms with E-state index >= 15 is 0 Å². The highest BCUT2D eigenvalue weighted by Crippen LogP contribution is 2.27. The van der Waals surface area contributed by atoms with Crippen LogP contribution in [0.25, 0.3) is 11.0 Å². The average molecular weight is 228 g/mol. The summed E-state index contributed by atoms with van der Waals surface area (Å²) in [7, 11) is 0. The molecule has 0 spiro atoms. The highest BCUT2D eigenvalue weighted by Gasteiger charge is 2.25. The maximum absolute atomic E-state index is 13.7. The highest BCUT2D eigenvalue weighted by atomic mass is 19.1. The number of fused-ring (bicyclic) bond motifs is 1. The summed E-state index contributed by atoms with van der Waals surface area (Å²) in [5, 5.41) is 11.8. The van der Waals surface area contributed by atoms with E-state index in [2.05, 4.69) is 9.68 Å². The van der Waals surface area contributed by atoms with Crippen LogP contribution in [0.5, 0.6) is 0 Å². The number of nitrogens with zero attached hydrogens (tertiary/aromatic N) is 1. The second kappa shape index (κ2) is 3.53. The lowest BCUT2D eigenvalue weighted by Gasteiger charge is -2.09. The zero-order valence-corrected chi connectivity index (χ0v) is 7.78. The zero-order chi connectivity index (χ0) is 11.9. The summed E-state index contributed by atoms with van der Waals surface area (Å²) >= 11 is 0. The molecule has 0 saturated heterocycles. The summed E-state index contributed by atoms with van der Waals surface area (Å²) in [6.07, 6.45) is 1.03. The SMILES string of the molecule is NC(C(=O)O)c1c(F)cc2oncc2c1F. The summed E-state index contributed by atoms with van der Waals surface area (Å²) in [4.78, 5) is 10.6. The third kappa shape index (κ3) is 1.41. The van der Waals surface area contributed by atoms with Crippen molar-refractivity contribution in [3.05, 3.63) is 29.5 Å². The highest BCUT2D eigenvalue weighted by molar-refractivity contribution is 5.82. The summed E-state index contributed by atoms with van der Waals surface area (Å²) in [5.74, 6) is -3.66. The van der Waals surface area contributed by atoms with Gasteiger partial charge in [0.15, 0.2) is 5.58 Å². The van der Waals surface area contributed by atoms with Crippen LogP contribution in [0.3, 0.4) is 0 Å². The molecule has 2 rings (SSSR count). The van der Waals surface area contributed by atoms with Gasteiger partial charge in [-0.1, -0.05) is 5.16 Å². The van der Waals surface area contributed by atoms with Gasteiger partial charge in [0, 0.05) is 6.07 Å². The van der Waals surface area contributed by atoms with Gasteiger partial charge in [-0.05, 0) is 0 Å². The van der Waals surface area contributed by atoms with E-state index in [0.717, 1.165) is 12.3 Å². The van der Waals surface area contributed by atoms with E-state index in [1.54, 1.807) is 0 Å². The first-order valence-corrected chi connectivity index (χ1v) is 4.23. The van der Waals surface area contributed by atoms with Crippen LogP contribution in [0, 0.1) is 11.6 Å². The Morgan fingerprint density at radius 1 is 1.56 bits per heavy atom. The molecule has 0 aliphatic carbocycles. The van der Waals surface area contributed by atoms with E-state index in [-0.39, 0.29) is 11.0 Å². The summed E-state index contributed by atoms with van der Waals surface area (Å²) in [6.45, 7) is 0. The van der Waals surface area contributed by atoms with Gasteiger partial charge in [0.1, 0.15) is 17.7 Å². The van der Waals surface area contributed by atoms with Crippen LogP contribution in [0.15, 0.2) is 16.8 Å². The predicted octanol–water partition coefficient (Wildman–Crippen LogP) is 1.19.